The van der Waals surface area contributed by atoms with Gasteiger partial charge in [0.25, 0.3) is 0 Å². The van der Waals surface area contributed by atoms with E-state index in [-0.39, 0.29) is 5.41 Å². The predicted octanol–water partition coefficient (Wildman–Crippen LogP) is 11.8. The van der Waals surface area contributed by atoms with E-state index in [9.17, 15) is 0 Å². The maximum absolute atomic E-state index is 2.53. The first kappa shape index (κ1) is 23.6. The first-order valence-corrected chi connectivity index (χ1v) is 15.9. The highest BCUT2D eigenvalue weighted by Gasteiger charge is 2.39. The Bertz CT molecular complexity index is 2630. The van der Waals surface area contributed by atoms with Gasteiger partial charge in [0.1, 0.15) is 0 Å². The zero-order chi connectivity index (χ0) is 28.4. The molecular formula is C41H27NS. The predicted molar refractivity (Wildman–Crippen MR) is 186 cm³/mol. The number of thiophene rings is 1. The van der Waals surface area contributed by atoms with Gasteiger partial charge < -0.3 is 4.57 Å². The van der Waals surface area contributed by atoms with Gasteiger partial charge in [0.2, 0.25) is 0 Å². The van der Waals surface area contributed by atoms with Gasteiger partial charge in [-0.15, -0.1) is 11.3 Å². The molecule has 0 unspecified atom stereocenters. The number of nitrogens with zero attached hydrogens (tertiary/aromatic N) is 1. The van der Waals surface area contributed by atoms with Gasteiger partial charge in [-0.25, -0.2) is 0 Å². The Balaban J connectivity index is 1.44. The molecule has 1 nitrogen and oxygen atoms in total. The van der Waals surface area contributed by atoms with Gasteiger partial charge in [-0.3, -0.25) is 0 Å². The Hall–Kier alpha value is -4.92. The topological polar surface area (TPSA) is 4.93 Å². The number of hydrogen-bond donors (Lipinski definition) is 0. The molecule has 0 N–H and O–H groups in total. The summed E-state index contributed by atoms with van der Waals surface area (Å²) in [5.74, 6) is 0. The number of rotatable bonds is 1. The molecule has 1 aliphatic carbocycles. The van der Waals surface area contributed by atoms with E-state index in [1.54, 1.807) is 0 Å². The highest BCUT2D eigenvalue weighted by molar-refractivity contribution is 7.21. The van der Waals surface area contributed by atoms with Crippen LogP contribution >= 0.6 is 11.3 Å². The smallest absolute Gasteiger partial charge is 0.0719 e. The van der Waals surface area contributed by atoms with E-state index >= 15 is 0 Å². The minimum Gasteiger partial charge on any atom is -0.308 e. The third kappa shape index (κ3) is 2.92. The maximum atomic E-state index is 2.53. The van der Waals surface area contributed by atoms with Crippen LogP contribution in [0.15, 0.2) is 127 Å². The lowest BCUT2D eigenvalue weighted by Crippen LogP contribution is -2.13. The third-order valence-electron chi connectivity index (χ3n) is 9.90. The summed E-state index contributed by atoms with van der Waals surface area (Å²) in [5, 5.41) is 11.9. The van der Waals surface area contributed by atoms with Crippen molar-refractivity contribution in [1.29, 1.82) is 0 Å². The molecule has 0 bridgehead atoms. The highest BCUT2D eigenvalue weighted by Crippen LogP contribution is 2.57. The SMILES string of the molecule is CC1(C)c2ccccc2-c2c1sc1c2ccc2c3cc4c5ccccc5c5ccccc5c4cc3n(-c3ccccc3)c21. The van der Waals surface area contributed by atoms with Crippen LogP contribution in [0.1, 0.15) is 24.3 Å². The fourth-order valence-corrected chi connectivity index (χ4v) is 9.44. The van der Waals surface area contributed by atoms with E-state index < -0.39 is 0 Å². The molecule has 0 aliphatic heterocycles. The first-order chi connectivity index (χ1) is 21.1. The molecule has 2 heterocycles. The Morgan fingerprint density at radius 3 is 1.81 bits per heavy atom. The first-order valence-electron chi connectivity index (χ1n) is 15.0. The summed E-state index contributed by atoms with van der Waals surface area (Å²) in [6, 6.07) is 47.4. The second kappa shape index (κ2) is 8.12. The Morgan fingerprint density at radius 2 is 1.09 bits per heavy atom. The summed E-state index contributed by atoms with van der Waals surface area (Å²) < 4.78 is 3.91. The van der Waals surface area contributed by atoms with Crippen LogP contribution in [0.2, 0.25) is 0 Å². The standard InChI is InChI=1S/C41H27NS/c1-41(2)35-19-11-10-18-30(35)37-31-21-20-29-34-22-32-27-16-8-6-14-25(27)26-15-7-9-17-28(26)33(32)23-36(34)42(24-12-4-3-5-13-24)38(29)39(31)43-40(37)41/h3-23H,1-2H3. The Kier molecular flexibility index (Phi) is 4.46. The summed E-state index contributed by atoms with van der Waals surface area (Å²) in [5.41, 5.74) is 8.01. The number of aromatic nitrogens is 1. The molecule has 0 fully saturated rings. The molecule has 1 aliphatic rings. The van der Waals surface area contributed by atoms with Gasteiger partial charge >= 0.3 is 0 Å². The largest absolute Gasteiger partial charge is 0.308 e. The van der Waals surface area contributed by atoms with E-state index in [0.717, 1.165) is 0 Å². The average Bonchev–Trinajstić information content (AvgIpc) is 3.67. The summed E-state index contributed by atoms with van der Waals surface area (Å²) in [6.07, 6.45) is 0. The van der Waals surface area contributed by atoms with Gasteiger partial charge in [-0.2, -0.15) is 0 Å². The van der Waals surface area contributed by atoms with E-state index in [4.69, 9.17) is 0 Å². The number of benzene rings is 7. The van der Waals surface area contributed by atoms with E-state index in [2.05, 4.69) is 146 Å². The minimum atomic E-state index is -0.0158. The molecule has 2 aromatic heterocycles. The molecule has 0 radical (unpaired) electrons. The van der Waals surface area contributed by atoms with E-state index in [0.29, 0.717) is 0 Å². The van der Waals surface area contributed by atoms with Crippen molar-refractivity contribution in [3.63, 3.8) is 0 Å². The second-order valence-corrected chi connectivity index (χ2v) is 13.5. The molecule has 0 saturated heterocycles. The van der Waals surface area contributed by atoms with E-state index in [1.165, 1.54) is 91.5 Å². The van der Waals surface area contributed by atoms with Crippen molar-refractivity contribution < 1.29 is 0 Å². The van der Waals surface area contributed by atoms with Crippen molar-refractivity contribution in [3.05, 3.63) is 138 Å². The van der Waals surface area contributed by atoms with Gasteiger partial charge in [-0.05, 0) is 67.7 Å². The van der Waals surface area contributed by atoms with Crippen molar-refractivity contribution >= 4 is 75.5 Å². The molecule has 43 heavy (non-hydrogen) atoms. The molecule has 202 valence electrons. The lowest BCUT2D eigenvalue weighted by molar-refractivity contribution is 0.674. The van der Waals surface area contributed by atoms with Crippen LogP contribution < -0.4 is 0 Å². The summed E-state index contributed by atoms with van der Waals surface area (Å²) in [6.45, 7) is 4.78. The normalized spacial score (nSPS) is 14.0. The van der Waals surface area contributed by atoms with Gasteiger partial charge in [0.05, 0.1) is 15.7 Å². The zero-order valence-corrected chi connectivity index (χ0v) is 24.8. The second-order valence-electron chi connectivity index (χ2n) is 12.5. The van der Waals surface area contributed by atoms with Crippen LogP contribution in [-0.2, 0) is 5.41 Å². The van der Waals surface area contributed by atoms with Crippen LogP contribution in [0.25, 0.3) is 81.0 Å². The zero-order valence-electron chi connectivity index (χ0n) is 24.0. The molecule has 0 amide bonds. The fraction of sp³-hybridized carbons (Fsp3) is 0.0732. The van der Waals surface area contributed by atoms with Crippen LogP contribution in [0.4, 0.5) is 0 Å². The number of fused-ring (bicyclic) bond motifs is 15. The summed E-state index contributed by atoms with van der Waals surface area (Å²) in [7, 11) is 0. The lowest BCUT2D eigenvalue weighted by Gasteiger charge is -2.19. The van der Waals surface area contributed by atoms with Crippen molar-refractivity contribution in [2.24, 2.45) is 0 Å². The van der Waals surface area contributed by atoms with Crippen molar-refractivity contribution in [3.8, 4) is 16.8 Å². The monoisotopic (exact) mass is 565 g/mol. The molecule has 7 aromatic carbocycles. The third-order valence-corrected chi connectivity index (χ3v) is 11.4. The molecule has 10 rings (SSSR count). The van der Waals surface area contributed by atoms with Gasteiger partial charge in [-0.1, -0.05) is 117 Å². The van der Waals surface area contributed by atoms with Crippen molar-refractivity contribution in [2.75, 3.05) is 0 Å². The molecule has 0 spiro atoms. The Labute approximate surface area is 253 Å². The summed E-state index contributed by atoms with van der Waals surface area (Å²) in [4.78, 5) is 1.48. The quantitative estimate of drug-likeness (QED) is 0.174. The molecule has 0 saturated carbocycles. The van der Waals surface area contributed by atoms with Crippen molar-refractivity contribution in [1.82, 2.24) is 4.57 Å². The maximum Gasteiger partial charge on any atom is 0.0719 e. The fourth-order valence-electron chi connectivity index (χ4n) is 7.97. The average molecular weight is 566 g/mol. The molecule has 2 heteroatoms. The number of para-hydroxylation sites is 1. The number of hydrogen-bond acceptors (Lipinski definition) is 1. The van der Waals surface area contributed by atoms with Crippen LogP contribution in [0.3, 0.4) is 0 Å². The summed E-state index contributed by atoms with van der Waals surface area (Å²) >= 11 is 1.99. The van der Waals surface area contributed by atoms with Gasteiger partial charge in [0, 0.05) is 37.7 Å². The minimum absolute atomic E-state index is 0.0158. The highest BCUT2D eigenvalue weighted by atomic mass is 32.1. The van der Waals surface area contributed by atoms with Crippen LogP contribution in [0.5, 0.6) is 0 Å². The van der Waals surface area contributed by atoms with Crippen molar-refractivity contribution in [2.45, 2.75) is 19.3 Å². The van der Waals surface area contributed by atoms with Gasteiger partial charge in [0.15, 0.2) is 0 Å². The van der Waals surface area contributed by atoms with Crippen LogP contribution in [0, 0.1) is 0 Å². The molecular weight excluding hydrogens is 539 g/mol. The van der Waals surface area contributed by atoms with E-state index in [1.807, 2.05) is 11.3 Å². The lowest BCUT2D eigenvalue weighted by atomic mass is 9.87. The molecule has 9 aromatic rings. The van der Waals surface area contributed by atoms with Crippen LogP contribution in [-0.4, -0.2) is 4.57 Å². The Morgan fingerprint density at radius 1 is 0.512 bits per heavy atom. The molecule has 0 atom stereocenters.